The Labute approximate surface area is 168 Å². The number of likely N-dealkylation sites (tertiary alicyclic amines) is 1. The van der Waals surface area contributed by atoms with E-state index in [1.807, 2.05) is 16.0 Å². The molecular formula is C20H25N5O2S. The Bertz CT molecular complexity index is 904. The van der Waals surface area contributed by atoms with Gasteiger partial charge in [0.1, 0.15) is 0 Å². The van der Waals surface area contributed by atoms with Gasteiger partial charge in [-0.1, -0.05) is 23.4 Å². The maximum atomic E-state index is 12.1. The molecule has 3 heterocycles. The molecule has 7 nitrogen and oxygen atoms in total. The van der Waals surface area contributed by atoms with Gasteiger partial charge in [-0.2, -0.15) is 0 Å². The Kier molecular flexibility index (Phi) is 5.99. The van der Waals surface area contributed by atoms with Crippen LogP contribution in [0.25, 0.3) is 10.1 Å². The minimum Gasteiger partial charge on any atom is -0.396 e. The molecule has 3 aromatic rings. The van der Waals surface area contributed by atoms with E-state index in [1.54, 1.807) is 6.20 Å². The Morgan fingerprint density at radius 3 is 3.11 bits per heavy atom. The van der Waals surface area contributed by atoms with E-state index in [2.05, 4.69) is 50.9 Å². The standard InChI is InChI=1S/C20H25N5O2S/c26-10-4-8-21-20(27)18-14-25(23-22-18)16-6-3-9-24(12-16)13-17-11-15-5-1-2-7-19(15)28-17/h1-2,5,7,11,14,16,26H,3-4,6,8-10,12-13H2,(H,21,27)/t16-/m1/s1. The van der Waals surface area contributed by atoms with Crippen LogP contribution >= 0.6 is 11.3 Å². The van der Waals surface area contributed by atoms with Gasteiger partial charge in [0.05, 0.1) is 12.2 Å². The number of benzene rings is 1. The minimum absolute atomic E-state index is 0.0602. The number of rotatable bonds is 7. The van der Waals surface area contributed by atoms with Crippen LogP contribution in [0.5, 0.6) is 0 Å². The summed E-state index contributed by atoms with van der Waals surface area (Å²) >= 11 is 1.86. The fraction of sp³-hybridized carbons (Fsp3) is 0.450. The molecule has 0 bridgehead atoms. The van der Waals surface area contributed by atoms with Crippen molar-refractivity contribution >= 4 is 27.3 Å². The van der Waals surface area contributed by atoms with Crippen molar-refractivity contribution in [1.29, 1.82) is 0 Å². The highest BCUT2D eigenvalue weighted by molar-refractivity contribution is 7.19. The second kappa shape index (κ2) is 8.81. The first-order valence-corrected chi connectivity index (χ1v) is 10.6. The van der Waals surface area contributed by atoms with Gasteiger partial charge in [0.2, 0.25) is 0 Å². The number of carbonyl (C=O) groups is 1. The summed E-state index contributed by atoms with van der Waals surface area (Å²) in [4.78, 5) is 15.9. The van der Waals surface area contributed by atoms with Crippen LogP contribution < -0.4 is 5.32 Å². The predicted octanol–water partition coefficient (Wildman–Crippen LogP) is 2.44. The molecule has 8 heteroatoms. The monoisotopic (exact) mass is 399 g/mol. The van der Waals surface area contributed by atoms with E-state index in [0.717, 1.165) is 32.5 Å². The van der Waals surface area contributed by atoms with Crippen LogP contribution in [0.3, 0.4) is 0 Å². The number of carbonyl (C=O) groups excluding carboxylic acids is 1. The van der Waals surface area contributed by atoms with Crippen LogP contribution in [0.1, 0.15) is 40.7 Å². The van der Waals surface area contributed by atoms with Crippen LogP contribution in [-0.2, 0) is 6.54 Å². The summed E-state index contributed by atoms with van der Waals surface area (Å²) in [5, 5.41) is 21.1. The Balaban J connectivity index is 1.37. The lowest BCUT2D eigenvalue weighted by molar-refractivity contribution is 0.0946. The maximum absolute atomic E-state index is 12.1. The molecule has 1 aliphatic heterocycles. The topological polar surface area (TPSA) is 83.3 Å². The molecule has 1 aliphatic rings. The molecule has 28 heavy (non-hydrogen) atoms. The first-order chi connectivity index (χ1) is 13.7. The molecule has 148 valence electrons. The smallest absolute Gasteiger partial charge is 0.273 e. The third kappa shape index (κ3) is 4.40. The Hall–Kier alpha value is -2.29. The molecule has 2 N–H and O–H groups in total. The molecule has 2 aromatic heterocycles. The number of thiophene rings is 1. The maximum Gasteiger partial charge on any atom is 0.273 e. The van der Waals surface area contributed by atoms with Crippen LogP contribution in [-0.4, -0.2) is 57.1 Å². The largest absolute Gasteiger partial charge is 0.396 e. The van der Waals surface area contributed by atoms with E-state index in [4.69, 9.17) is 5.11 Å². The number of amides is 1. The van der Waals surface area contributed by atoms with Crippen molar-refractivity contribution < 1.29 is 9.90 Å². The molecule has 1 saturated heterocycles. The minimum atomic E-state index is -0.238. The van der Waals surface area contributed by atoms with E-state index < -0.39 is 0 Å². The summed E-state index contributed by atoms with van der Waals surface area (Å²) < 4.78 is 3.16. The molecule has 4 rings (SSSR count). The highest BCUT2D eigenvalue weighted by Gasteiger charge is 2.24. The van der Waals surface area contributed by atoms with Gasteiger partial charge in [-0.15, -0.1) is 16.4 Å². The SMILES string of the molecule is O=C(NCCCO)c1cn([C@@H]2CCCN(Cc3cc4ccccc4s3)C2)nn1. The average Bonchev–Trinajstić information content (AvgIpc) is 3.35. The molecule has 1 atom stereocenters. The Morgan fingerprint density at radius 2 is 2.25 bits per heavy atom. The molecule has 1 fully saturated rings. The molecule has 0 unspecified atom stereocenters. The number of piperidine rings is 1. The van der Waals surface area contributed by atoms with Gasteiger partial charge in [-0.3, -0.25) is 9.69 Å². The van der Waals surface area contributed by atoms with E-state index in [0.29, 0.717) is 18.7 Å². The number of aliphatic hydroxyl groups excluding tert-OH is 1. The second-order valence-electron chi connectivity index (χ2n) is 7.20. The van der Waals surface area contributed by atoms with E-state index in [9.17, 15) is 4.79 Å². The Morgan fingerprint density at radius 1 is 1.36 bits per heavy atom. The zero-order valence-corrected chi connectivity index (χ0v) is 16.6. The highest BCUT2D eigenvalue weighted by Crippen LogP contribution is 2.28. The summed E-state index contributed by atoms with van der Waals surface area (Å²) in [7, 11) is 0. The van der Waals surface area contributed by atoms with Gasteiger partial charge in [-0.25, -0.2) is 4.68 Å². The molecule has 0 aliphatic carbocycles. The third-order valence-electron chi connectivity index (χ3n) is 5.07. The number of hydrogen-bond donors (Lipinski definition) is 2. The van der Waals surface area contributed by atoms with Gasteiger partial charge in [0.15, 0.2) is 5.69 Å². The summed E-state index contributed by atoms with van der Waals surface area (Å²) in [5.74, 6) is -0.238. The normalized spacial score (nSPS) is 17.8. The first kappa shape index (κ1) is 19.0. The fourth-order valence-corrected chi connectivity index (χ4v) is 4.76. The van der Waals surface area contributed by atoms with E-state index in [1.165, 1.54) is 15.0 Å². The van der Waals surface area contributed by atoms with Crippen molar-refractivity contribution in [3.05, 3.63) is 47.1 Å². The van der Waals surface area contributed by atoms with Crippen molar-refractivity contribution in [2.24, 2.45) is 0 Å². The summed E-state index contributed by atoms with van der Waals surface area (Å²) in [6, 6.07) is 11.0. The zero-order chi connectivity index (χ0) is 19.3. The van der Waals surface area contributed by atoms with Gasteiger partial charge < -0.3 is 10.4 Å². The van der Waals surface area contributed by atoms with Gasteiger partial charge in [-0.05, 0) is 43.3 Å². The van der Waals surface area contributed by atoms with Crippen molar-refractivity contribution in [2.45, 2.75) is 31.8 Å². The zero-order valence-electron chi connectivity index (χ0n) is 15.8. The molecule has 1 aromatic carbocycles. The first-order valence-electron chi connectivity index (χ1n) is 9.73. The summed E-state index contributed by atoms with van der Waals surface area (Å²) in [6.45, 7) is 3.43. The molecule has 1 amide bonds. The molecular weight excluding hydrogens is 374 g/mol. The lowest BCUT2D eigenvalue weighted by Gasteiger charge is -2.32. The number of fused-ring (bicyclic) bond motifs is 1. The number of aromatic nitrogens is 3. The molecule has 0 spiro atoms. The molecule has 0 radical (unpaired) electrons. The van der Waals surface area contributed by atoms with Crippen molar-refractivity contribution in [2.75, 3.05) is 26.2 Å². The van der Waals surface area contributed by atoms with E-state index >= 15 is 0 Å². The number of aliphatic hydroxyl groups is 1. The lowest BCUT2D eigenvalue weighted by atomic mass is 10.1. The van der Waals surface area contributed by atoms with Gasteiger partial charge in [0, 0.05) is 35.8 Å². The number of nitrogens with one attached hydrogen (secondary N) is 1. The van der Waals surface area contributed by atoms with Crippen molar-refractivity contribution in [1.82, 2.24) is 25.2 Å². The molecule has 0 saturated carbocycles. The van der Waals surface area contributed by atoms with Crippen LogP contribution in [0.15, 0.2) is 36.5 Å². The number of nitrogens with zero attached hydrogens (tertiary/aromatic N) is 4. The van der Waals surface area contributed by atoms with E-state index in [-0.39, 0.29) is 18.6 Å². The number of hydrogen-bond acceptors (Lipinski definition) is 6. The van der Waals surface area contributed by atoms with Gasteiger partial charge >= 0.3 is 0 Å². The predicted molar refractivity (Wildman–Crippen MR) is 109 cm³/mol. The van der Waals surface area contributed by atoms with Crippen molar-refractivity contribution in [3.8, 4) is 0 Å². The summed E-state index contributed by atoms with van der Waals surface area (Å²) in [6.07, 6.45) is 4.42. The van der Waals surface area contributed by atoms with Crippen LogP contribution in [0.2, 0.25) is 0 Å². The quantitative estimate of drug-likeness (QED) is 0.596. The van der Waals surface area contributed by atoms with Crippen LogP contribution in [0.4, 0.5) is 0 Å². The highest BCUT2D eigenvalue weighted by atomic mass is 32.1. The fourth-order valence-electron chi connectivity index (χ4n) is 3.66. The van der Waals surface area contributed by atoms with Gasteiger partial charge in [0.25, 0.3) is 5.91 Å². The lowest BCUT2D eigenvalue weighted by Crippen LogP contribution is -2.36. The summed E-state index contributed by atoms with van der Waals surface area (Å²) in [5.41, 5.74) is 0.333. The third-order valence-corrected chi connectivity index (χ3v) is 6.17. The average molecular weight is 400 g/mol. The second-order valence-corrected chi connectivity index (χ2v) is 8.37. The van der Waals surface area contributed by atoms with Crippen molar-refractivity contribution in [3.63, 3.8) is 0 Å². The van der Waals surface area contributed by atoms with Crippen LogP contribution in [0, 0.1) is 0 Å².